The first-order chi connectivity index (χ1) is 15.7. The van der Waals surface area contributed by atoms with Gasteiger partial charge in [0.15, 0.2) is 5.96 Å². The highest BCUT2D eigenvalue weighted by molar-refractivity contribution is 5.80. The summed E-state index contributed by atoms with van der Waals surface area (Å²) >= 11 is 0. The molecule has 2 N–H and O–H groups in total. The quantitative estimate of drug-likeness (QED) is 0.289. The van der Waals surface area contributed by atoms with Gasteiger partial charge in [-0.15, -0.1) is 0 Å². The second-order valence-corrected chi connectivity index (χ2v) is 8.50. The van der Waals surface area contributed by atoms with Gasteiger partial charge in [0.25, 0.3) is 0 Å². The predicted octanol–water partition coefficient (Wildman–Crippen LogP) is 2.28. The molecule has 0 amide bonds. The van der Waals surface area contributed by atoms with Crippen molar-refractivity contribution in [1.29, 1.82) is 0 Å². The van der Waals surface area contributed by atoms with Gasteiger partial charge in [-0.1, -0.05) is 0 Å². The van der Waals surface area contributed by atoms with Gasteiger partial charge in [0.2, 0.25) is 0 Å². The van der Waals surface area contributed by atoms with Crippen LogP contribution in [0.25, 0.3) is 0 Å². The maximum Gasteiger partial charge on any atom is 0.191 e. The molecule has 3 rings (SSSR count). The van der Waals surface area contributed by atoms with E-state index in [4.69, 9.17) is 23.9 Å². The van der Waals surface area contributed by atoms with Gasteiger partial charge in [0.05, 0.1) is 27.4 Å². The van der Waals surface area contributed by atoms with Crippen LogP contribution in [0.3, 0.4) is 0 Å². The van der Waals surface area contributed by atoms with E-state index in [0.717, 1.165) is 95.9 Å². The number of benzene rings is 1. The first-order valence-electron chi connectivity index (χ1n) is 11.8. The first kappa shape index (κ1) is 24.6. The first-order valence-corrected chi connectivity index (χ1v) is 11.8. The Labute approximate surface area is 192 Å². The van der Waals surface area contributed by atoms with Crippen molar-refractivity contribution in [3.8, 4) is 11.5 Å². The van der Waals surface area contributed by atoms with Gasteiger partial charge in [0.1, 0.15) is 11.5 Å². The van der Waals surface area contributed by atoms with E-state index in [2.05, 4.69) is 34.6 Å². The average Bonchev–Trinajstić information content (AvgIpc) is 3.48. The third-order valence-corrected chi connectivity index (χ3v) is 5.87. The molecule has 0 spiro atoms. The number of nitrogens with zero attached hydrogens (tertiary/aromatic N) is 2. The van der Waals surface area contributed by atoms with E-state index in [1.54, 1.807) is 14.2 Å². The van der Waals surface area contributed by atoms with E-state index in [1.165, 1.54) is 5.56 Å². The monoisotopic (exact) mass is 448 g/mol. The lowest BCUT2D eigenvalue weighted by Gasteiger charge is -2.19. The molecule has 2 aliphatic rings. The average molecular weight is 449 g/mol. The highest BCUT2D eigenvalue weighted by atomic mass is 16.5. The Bertz CT molecular complexity index is 687. The number of hydrogen-bond donors (Lipinski definition) is 2. The molecular weight excluding hydrogens is 408 g/mol. The summed E-state index contributed by atoms with van der Waals surface area (Å²) in [6, 6.07) is 6.46. The van der Waals surface area contributed by atoms with Crippen LogP contribution in [0.15, 0.2) is 23.2 Å². The Balaban J connectivity index is 1.40. The number of ether oxygens (including phenoxy) is 4. The van der Waals surface area contributed by atoms with Gasteiger partial charge in [-0.05, 0) is 43.9 Å². The zero-order valence-corrected chi connectivity index (χ0v) is 19.9. The molecule has 2 unspecified atom stereocenters. The highest BCUT2D eigenvalue weighted by Gasteiger charge is 2.23. The minimum atomic E-state index is 0.388. The van der Waals surface area contributed by atoms with Crippen molar-refractivity contribution >= 4 is 5.96 Å². The SMILES string of the molecule is CCNC(=NCCCOCC1CCOC1)NC1CCN(Cc2cc(OC)cc(OC)c2)C1. The van der Waals surface area contributed by atoms with Gasteiger partial charge >= 0.3 is 0 Å². The van der Waals surface area contributed by atoms with E-state index < -0.39 is 0 Å². The van der Waals surface area contributed by atoms with Crippen LogP contribution in [0.4, 0.5) is 0 Å². The van der Waals surface area contributed by atoms with Gasteiger partial charge in [-0.2, -0.15) is 0 Å². The van der Waals surface area contributed by atoms with E-state index in [-0.39, 0.29) is 0 Å². The molecule has 0 aliphatic carbocycles. The fraction of sp³-hybridized carbons (Fsp3) is 0.708. The van der Waals surface area contributed by atoms with Crippen LogP contribution in [0.1, 0.15) is 31.7 Å². The van der Waals surface area contributed by atoms with Gasteiger partial charge in [-0.3, -0.25) is 9.89 Å². The summed E-state index contributed by atoms with van der Waals surface area (Å²) in [5, 5.41) is 6.97. The molecule has 1 aromatic rings. The van der Waals surface area contributed by atoms with Crippen molar-refractivity contribution in [2.24, 2.45) is 10.9 Å². The van der Waals surface area contributed by atoms with Gasteiger partial charge in [0, 0.05) is 64.0 Å². The number of hydrogen-bond acceptors (Lipinski definition) is 6. The normalized spacial score (nSPS) is 21.7. The lowest BCUT2D eigenvalue weighted by atomic mass is 10.1. The van der Waals surface area contributed by atoms with E-state index in [1.807, 2.05) is 6.07 Å². The fourth-order valence-corrected chi connectivity index (χ4v) is 4.15. The van der Waals surface area contributed by atoms with Crippen LogP contribution in [0.2, 0.25) is 0 Å². The Morgan fingerprint density at radius 1 is 1.19 bits per heavy atom. The second-order valence-electron chi connectivity index (χ2n) is 8.50. The topological polar surface area (TPSA) is 76.6 Å². The summed E-state index contributed by atoms with van der Waals surface area (Å²) in [6.07, 6.45) is 3.15. The molecule has 0 bridgehead atoms. The Hall–Kier alpha value is -2.03. The molecular formula is C24H40N4O4. The summed E-state index contributed by atoms with van der Waals surface area (Å²) < 4.78 is 22.0. The molecule has 2 fully saturated rings. The second kappa shape index (κ2) is 13.5. The third kappa shape index (κ3) is 8.15. The maximum absolute atomic E-state index is 5.78. The molecule has 8 heteroatoms. The minimum absolute atomic E-state index is 0.388. The summed E-state index contributed by atoms with van der Waals surface area (Å²) in [7, 11) is 3.37. The van der Waals surface area contributed by atoms with Crippen LogP contribution in [-0.4, -0.2) is 83.7 Å². The fourth-order valence-electron chi connectivity index (χ4n) is 4.15. The molecule has 32 heavy (non-hydrogen) atoms. The van der Waals surface area contributed by atoms with Crippen molar-refractivity contribution in [2.75, 3.05) is 66.8 Å². The summed E-state index contributed by atoms with van der Waals surface area (Å²) in [5.41, 5.74) is 1.20. The van der Waals surface area contributed by atoms with Gasteiger partial charge in [-0.25, -0.2) is 0 Å². The lowest BCUT2D eigenvalue weighted by Crippen LogP contribution is -2.44. The lowest BCUT2D eigenvalue weighted by molar-refractivity contribution is 0.0893. The minimum Gasteiger partial charge on any atom is -0.497 e. The maximum atomic E-state index is 5.78. The number of guanidine groups is 1. The zero-order valence-electron chi connectivity index (χ0n) is 19.9. The zero-order chi connectivity index (χ0) is 22.6. The smallest absolute Gasteiger partial charge is 0.191 e. The number of rotatable bonds is 12. The standard InChI is InChI=1S/C24H40N4O4/c1-4-25-24(26-8-5-10-31-17-19-7-11-32-18-19)27-21-6-9-28(16-21)15-20-12-22(29-2)14-23(13-20)30-3/h12-14,19,21H,4-11,15-18H2,1-3H3,(H2,25,26,27). The Morgan fingerprint density at radius 2 is 2.00 bits per heavy atom. The highest BCUT2D eigenvalue weighted by Crippen LogP contribution is 2.24. The third-order valence-electron chi connectivity index (χ3n) is 5.87. The van der Waals surface area contributed by atoms with Crippen LogP contribution >= 0.6 is 0 Å². The molecule has 2 heterocycles. The van der Waals surface area contributed by atoms with Crippen molar-refractivity contribution in [3.63, 3.8) is 0 Å². The van der Waals surface area contributed by atoms with Crippen molar-refractivity contribution < 1.29 is 18.9 Å². The van der Waals surface area contributed by atoms with Gasteiger partial charge < -0.3 is 29.6 Å². The molecule has 2 aliphatic heterocycles. The summed E-state index contributed by atoms with van der Waals surface area (Å²) in [5.74, 6) is 3.12. The molecule has 0 aromatic heterocycles. The van der Waals surface area contributed by atoms with E-state index in [9.17, 15) is 0 Å². The molecule has 2 saturated heterocycles. The van der Waals surface area contributed by atoms with Crippen molar-refractivity contribution in [2.45, 2.75) is 38.8 Å². The molecule has 8 nitrogen and oxygen atoms in total. The van der Waals surface area contributed by atoms with Crippen LogP contribution in [0, 0.1) is 5.92 Å². The molecule has 180 valence electrons. The number of likely N-dealkylation sites (tertiary alicyclic amines) is 1. The molecule has 0 saturated carbocycles. The van der Waals surface area contributed by atoms with Crippen LogP contribution < -0.4 is 20.1 Å². The van der Waals surface area contributed by atoms with Crippen LogP contribution in [-0.2, 0) is 16.0 Å². The predicted molar refractivity (Wildman–Crippen MR) is 127 cm³/mol. The van der Waals surface area contributed by atoms with Crippen LogP contribution in [0.5, 0.6) is 11.5 Å². The van der Waals surface area contributed by atoms with E-state index >= 15 is 0 Å². The number of nitrogens with one attached hydrogen (secondary N) is 2. The molecule has 2 atom stereocenters. The largest absolute Gasteiger partial charge is 0.497 e. The molecule has 0 radical (unpaired) electrons. The Morgan fingerprint density at radius 3 is 2.69 bits per heavy atom. The number of methoxy groups -OCH3 is 2. The van der Waals surface area contributed by atoms with Crippen molar-refractivity contribution in [3.05, 3.63) is 23.8 Å². The Kier molecular flexibility index (Phi) is 10.4. The summed E-state index contributed by atoms with van der Waals surface area (Å²) in [6.45, 7) is 9.90. The summed E-state index contributed by atoms with van der Waals surface area (Å²) in [4.78, 5) is 7.19. The molecule has 1 aromatic carbocycles. The van der Waals surface area contributed by atoms with E-state index in [0.29, 0.717) is 12.0 Å². The van der Waals surface area contributed by atoms with Crippen molar-refractivity contribution in [1.82, 2.24) is 15.5 Å². The number of aliphatic imine (C=N–C) groups is 1.